The van der Waals surface area contributed by atoms with Crippen molar-refractivity contribution >= 4 is 23.5 Å². The van der Waals surface area contributed by atoms with Crippen LogP contribution in [0.15, 0.2) is 35.4 Å². The van der Waals surface area contributed by atoms with Gasteiger partial charge in [0.15, 0.2) is 0 Å². The summed E-state index contributed by atoms with van der Waals surface area (Å²) in [5.41, 5.74) is 13.9. The fourth-order valence-electron chi connectivity index (χ4n) is 3.64. The molecule has 1 aromatic heterocycles. The van der Waals surface area contributed by atoms with E-state index in [4.69, 9.17) is 16.5 Å². The second-order valence-electron chi connectivity index (χ2n) is 7.18. The van der Waals surface area contributed by atoms with E-state index in [1.165, 1.54) is 0 Å². The quantitative estimate of drug-likeness (QED) is 0.686. The first kappa shape index (κ1) is 21.6. The number of pyridine rings is 1. The zero-order chi connectivity index (χ0) is 21.7. The van der Waals surface area contributed by atoms with E-state index in [-0.39, 0.29) is 6.04 Å². The standard InChI is InChI=1S/C22H24N6OS/c1-2-16-17(12-23)21(28-10-8-15(25)9-11-28)27-22(18(16)13-24)30-19(20(26)29)14-6-4-3-5-7-14/h3-7,15,19H,2,8-11,25H2,1H3,(H2,26,29). The summed E-state index contributed by atoms with van der Waals surface area (Å²) in [7, 11) is 0. The van der Waals surface area contributed by atoms with E-state index < -0.39 is 11.2 Å². The average Bonchev–Trinajstić information content (AvgIpc) is 2.77. The van der Waals surface area contributed by atoms with Gasteiger partial charge in [-0.3, -0.25) is 4.79 Å². The van der Waals surface area contributed by atoms with Gasteiger partial charge in [0.25, 0.3) is 0 Å². The molecule has 1 unspecified atom stereocenters. The molecule has 1 aliphatic rings. The second-order valence-corrected chi connectivity index (χ2v) is 8.28. The molecule has 1 atom stereocenters. The lowest BCUT2D eigenvalue weighted by Gasteiger charge is -2.32. The molecule has 0 aliphatic carbocycles. The smallest absolute Gasteiger partial charge is 0.235 e. The fourth-order valence-corrected chi connectivity index (χ4v) is 4.70. The van der Waals surface area contributed by atoms with Crippen LogP contribution >= 0.6 is 11.8 Å². The van der Waals surface area contributed by atoms with Gasteiger partial charge in [0.05, 0.1) is 11.1 Å². The Kier molecular flexibility index (Phi) is 6.94. The number of nitrogens with two attached hydrogens (primary N) is 2. The first-order valence-corrected chi connectivity index (χ1v) is 10.8. The molecule has 154 valence electrons. The lowest BCUT2D eigenvalue weighted by molar-refractivity contribution is -0.117. The number of hydrogen-bond donors (Lipinski definition) is 2. The summed E-state index contributed by atoms with van der Waals surface area (Å²) in [5, 5.41) is 19.4. The van der Waals surface area contributed by atoms with Gasteiger partial charge >= 0.3 is 0 Å². The predicted octanol–water partition coefficient (Wildman–Crippen LogP) is 2.63. The number of rotatable bonds is 6. The number of piperidine rings is 1. The molecule has 7 nitrogen and oxygen atoms in total. The number of amides is 1. The maximum Gasteiger partial charge on any atom is 0.235 e. The normalized spacial score (nSPS) is 15.3. The van der Waals surface area contributed by atoms with E-state index in [0.717, 1.165) is 30.2 Å². The van der Waals surface area contributed by atoms with Gasteiger partial charge in [-0.2, -0.15) is 10.5 Å². The Bertz CT molecular complexity index is 1000. The van der Waals surface area contributed by atoms with Crippen LogP contribution in [-0.4, -0.2) is 30.0 Å². The maximum atomic E-state index is 12.2. The number of nitrogens with zero attached hydrogens (tertiary/aromatic N) is 4. The lowest BCUT2D eigenvalue weighted by atomic mass is 10.00. The number of hydrogen-bond acceptors (Lipinski definition) is 7. The number of aromatic nitrogens is 1. The summed E-state index contributed by atoms with van der Waals surface area (Å²) in [6.07, 6.45) is 2.13. The van der Waals surface area contributed by atoms with Gasteiger partial charge in [-0.1, -0.05) is 49.0 Å². The van der Waals surface area contributed by atoms with E-state index in [1.807, 2.05) is 42.2 Å². The van der Waals surface area contributed by atoms with Crippen LogP contribution in [0.25, 0.3) is 0 Å². The van der Waals surface area contributed by atoms with Crippen molar-refractivity contribution in [2.45, 2.75) is 42.5 Å². The lowest BCUT2D eigenvalue weighted by Crippen LogP contribution is -2.40. The third-order valence-electron chi connectivity index (χ3n) is 5.25. The molecular weight excluding hydrogens is 396 g/mol. The minimum atomic E-state index is -0.689. The van der Waals surface area contributed by atoms with Crippen molar-refractivity contribution in [3.8, 4) is 12.1 Å². The molecule has 1 fully saturated rings. The van der Waals surface area contributed by atoms with Gasteiger partial charge in [0.2, 0.25) is 5.91 Å². The van der Waals surface area contributed by atoms with E-state index in [0.29, 0.717) is 47.0 Å². The summed E-state index contributed by atoms with van der Waals surface area (Å²) < 4.78 is 0. The van der Waals surface area contributed by atoms with Gasteiger partial charge in [-0.05, 0) is 30.4 Å². The first-order chi connectivity index (χ1) is 14.5. The van der Waals surface area contributed by atoms with E-state index in [9.17, 15) is 15.3 Å². The highest BCUT2D eigenvalue weighted by molar-refractivity contribution is 8.00. The first-order valence-electron chi connectivity index (χ1n) is 9.88. The van der Waals surface area contributed by atoms with Crippen LogP contribution in [0.3, 0.4) is 0 Å². The number of carbonyl (C=O) groups excluding carboxylic acids is 1. The Morgan fingerprint density at radius 1 is 1.23 bits per heavy atom. The van der Waals surface area contributed by atoms with Crippen molar-refractivity contribution < 1.29 is 4.79 Å². The molecular formula is C22H24N6OS. The third-order valence-corrected chi connectivity index (χ3v) is 6.51. The molecule has 2 heterocycles. The van der Waals surface area contributed by atoms with Crippen LogP contribution in [0, 0.1) is 22.7 Å². The molecule has 1 saturated heterocycles. The SMILES string of the molecule is CCc1c(C#N)c(SC(C(N)=O)c2ccccc2)nc(N2CCC(N)CC2)c1C#N. The minimum Gasteiger partial charge on any atom is -0.368 e. The molecule has 0 spiro atoms. The molecule has 4 N–H and O–H groups in total. The van der Waals surface area contributed by atoms with Crippen LogP contribution in [0.4, 0.5) is 5.82 Å². The van der Waals surface area contributed by atoms with Crippen LogP contribution in [0.5, 0.6) is 0 Å². The molecule has 2 aromatic rings. The number of primary amides is 1. The van der Waals surface area contributed by atoms with Crippen molar-refractivity contribution in [3.63, 3.8) is 0 Å². The van der Waals surface area contributed by atoms with Crippen molar-refractivity contribution in [2.24, 2.45) is 11.5 Å². The van der Waals surface area contributed by atoms with Crippen molar-refractivity contribution in [2.75, 3.05) is 18.0 Å². The molecule has 0 radical (unpaired) electrons. The molecule has 1 aromatic carbocycles. The largest absolute Gasteiger partial charge is 0.368 e. The monoisotopic (exact) mass is 420 g/mol. The summed E-state index contributed by atoms with van der Waals surface area (Å²) in [6.45, 7) is 3.30. The Morgan fingerprint density at radius 3 is 2.40 bits per heavy atom. The average molecular weight is 421 g/mol. The van der Waals surface area contributed by atoms with Crippen molar-refractivity contribution in [3.05, 3.63) is 52.6 Å². The van der Waals surface area contributed by atoms with E-state index >= 15 is 0 Å². The zero-order valence-electron chi connectivity index (χ0n) is 16.8. The molecule has 8 heteroatoms. The number of benzene rings is 1. The molecule has 0 bridgehead atoms. The molecule has 3 rings (SSSR count). The summed E-state index contributed by atoms with van der Waals surface area (Å²) in [6, 6.07) is 13.8. The molecule has 1 aliphatic heterocycles. The fraction of sp³-hybridized carbons (Fsp3) is 0.364. The third kappa shape index (κ3) is 4.40. The van der Waals surface area contributed by atoms with Crippen molar-refractivity contribution in [1.29, 1.82) is 10.5 Å². The Morgan fingerprint density at radius 2 is 1.87 bits per heavy atom. The van der Waals surface area contributed by atoms with Crippen LogP contribution in [-0.2, 0) is 11.2 Å². The van der Waals surface area contributed by atoms with Gasteiger partial charge in [0, 0.05) is 19.1 Å². The van der Waals surface area contributed by atoms with Crippen LogP contribution < -0.4 is 16.4 Å². The number of anilines is 1. The van der Waals surface area contributed by atoms with Gasteiger partial charge in [-0.25, -0.2) is 4.98 Å². The zero-order valence-corrected chi connectivity index (χ0v) is 17.7. The summed E-state index contributed by atoms with van der Waals surface area (Å²) in [5.74, 6) is 0.0452. The minimum absolute atomic E-state index is 0.141. The maximum absolute atomic E-state index is 12.2. The highest BCUT2D eigenvalue weighted by atomic mass is 32.2. The molecule has 0 saturated carbocycles. The van der Waals surface area contributed by atoms with Crippen LogP contribution in [0.2, 0.25) is 0 Å². The molecule has 30 heavy (non-hydrogen) atoms. The van der Waals surface area contributed by atoms with Crippen LogP contribution in [0.1, 0.15) is 47.3 Å². The predicted molar refractivity (Wildman–Crippen MR) is 117 cm³/mol. The van der Waals surface area contributed by atoms with E-state index in [2.05, 4.69) is 12.1 Å². The molecule has 1 amide bonds. The van der Waals surface area contributed by atoms with Gasteiger partial charge in [-0.15, -0.1) is 0 Å². The second kappa shape index (κ2) is 9.62. The Balaban J connectivity index is 2.11. The number of thioether (sulfide) groups is 1. The van der Waals surface area contributed by atoms with Gasteiger partial charge < -0.3 is 16.4 Å². The Labute approximate surface area is 180 Å². The number of nitriles is 2. The van der Waals surface area contributed by atoms with E-state index in [1.54, 1.807) is 0 Å². The summed E-state index contributed by atoms with van der Waals surface area (Å²) >= 11 is 1.16. The number of carbonyl (C=O) groups is 1. The highest BCUT2D eigenvalue weighted by Crippen LogP contribution is 2.39. The van der Waals surface area contributed by atoms with Gasteiger partial charge in [0.1, 0.15) is 28.2 Å². The van der Waals surface area contributed by atoms with Crippen molar-refractivity contribution in [1.82, 2.24) is 4.98 Å². The topological polar surface area (TPSA) is 133 Å². The Hall–Kier alpha value is -3.07. The highest BCUT2D eigenvalue weighted by Gasteiger charge is 2.28. The summed E-state index contributed by atoms with van der Waals surface area (Å²) in [4.78, 5) is 19.0.